The number of unbranched alkanes of at least 4 members (excludes halogenated alkanes) is 1. The molecule has 1 saturated heterocycles. The number of carbonyl (C=O) groups excluding carboxylic acids is 3. The first-order chi connectivity index (χ1) is 18.6. The second kappa shape index (κ2) is 12.4. The Kier molecular flexibility index (Phi) is 9.01. The van der Waals surface area contributed by atoms with Crippen LogP contribution in [0.15, 0.2) is 42.6 Å². The molecule has 0 saturated carbocycles. The van der Waals surface area contributed by atoms with Gasteiger partial charge in [0.1, 0.15) is 11.3 Å². The molecule has 3 heterocycles. The van der Waals surface area contributed by atoms with Crippen LogP contribution >= 0.6 is 0 Å². The van der Waals surface area contributed by atoms with E-state index < -0.39 is 5.60 Å². The van der Waals surface area contributed by atoms with Gasteiger partial charge in [0.25, 0.3) is 5.91 Å². The van der Waals surface area contributed by atoms with Crippen LogP contribution in [-0.4, -0.2) is 71.1 Å². The number of rotatable bonds is 9. The first kappa shape index (κ1) is 28.3. The zero-order chi connectivity index (χ0) is 28.0. The molecule has 9 nitrogen and oxygen atoms in total. The number of H-pyrrole nitrogens is 1. The van der Waals surface area contributed by atoms with E-state index in [-0.39, 0.29) is 29.6 Å². The molecule has 9 heteroatoms. The topological polar surface area (TPSA) is 114 Å². The molecule has 0 aliphatic carbocycles. The lowest BCUT2D eigenvalue weighted by molar-refractivity contribution is -0.0451. The number of benzene rings is 1. The van der Waals surface area contributed by atoms with Crippen LogP contribution in [0.3, 0.4) is 0 Å². The minimum atomic E-state index is -0.537. The molecule has 4 rings (SSSR count). The highest BCUT2D eigenvalue weighted by Crippen LogP contribution is 2.22. The normalized spacial score (nSPS) is 15.8. The molecular formula is C30H38N4O5. The Morgan fingerprint density at radius 2 is 2.00 bits per heavy atom. The number of amides is 2. The molecule has 0 spiro atoms. The Morgan fingerprint density at radius 3 is 2.77 bits per heavy atom. The van der Waals surface area contributed by atoms with Crippen molar-refractivity contribution in [3.8, 4) is 0 Å². The van der Waals surface area contributed by atoms with E-state index in [4.69, 9.17) is 9.47 Å². The average molecular weight is 535 g/mol. The second-order valence-corrected chi connectivity index (χ2v) is 10.9. The van der Waals surface area contributed by atoms with E-state index in [2.05, 4.69) is 15.3 Å². The monoisotopic (exact) mass is 534 g/mol. The van der Waals surface area contributed by atoms with Gasteiger partial charge in [0.05, 0.1) is 19.3 Å². The number of nitrogens with zero attached hydrogens (tertiary/aromatic N) is 2. The molecule has 2 amide bonds. The summed E-state index contributed by atoms with van der Waals surface area (Å²) in [7, 11) is 1.55. The summed E-state index contributed by atoms with van der Waals surface area (Å²) in [6.07, 6.45) is 4.57. The molecule has 1 aliphatic heterocycles. The van der Waals surface area contributed by atoms with Gasteiger partial charge in [-0.05, 0) is 63.4 Å². The second-order valence-electron chi connectivity index (χ2n) is 10.9. The average Bonchev–Trinajstić information content (AvgIpc) is 3.40. The number of hydrogen-bond acceptors (Lipinski definition) is 6. The highest BCUT2D eigenvalue weighted by atomic mass is 16.6. The molecule has 1 aromatic carbocycles. The number of morpholine rings is 1. The minimum Gasteiger partial charge on any atom is -0.444 e. The van der Waals surface area contributed by atoms with Crippen LogP contribution in [0.4, 0.5) is 4.79 Å². The molecule has 0 bridgehead atoms. The van der Waals surface area contributed by atoms with Crippen molar-refractivity contribution in [3.63, 3.8) is 0 Å². The summed E-state index contributed by atoms with van der Waals surface area (Å²) in [6, 6.07) is 11.4. The van der Waals surface area contributed by atoms with Crippen LogP contribution in [0.5, 0.6) is 0 Å². The van der Waals surface area contributed by atoms with E-state index in [1.54, 1.807) is 24.1 Å². The molecule has 0 unspecified atom stereocenters. The number of aromatic amines is 1. The third kappa shape index (κ3) is 7.66. The fraction of sp³-hybridized carbons (Fsp3) is 0.467. The molecule has 3 aromatic rings. The highest BCUT2D eigenvalue weighted by molar-refractivity contribution is 5.99. The first-order valence-corrected chi connectivity index (χ1v) is 13.5. The molecule has 39 heavy (non-hydrogen) atoms. The number of carbonyl (C=O) groups is 3. The van der Waals surface area contributed by atoms with Crippen LogP contribution < -0.4 is 5.32 Å². The van der Waals surface area contributed by atoms with Crippen molar-refractivity contribution in [2.75, 3.05) is 26.7 Å². The quantitative estimate of drug-likeness (QED) is 0.298. The standard InChI is InChI=1S/C30H38N4O5/c1-30(2,3)39-29(37)34-14-15-38-23(19-34)9-5-6-11-27(35)21-17-22(33-26(18-21)28(36)31-4)16-20-8-7-10-25-24(20)12-13-32-25/h7-8,10,12-13,17-18,23,32H,5-6,9,11,14-16,19H2,1-4H3,(H,31,36)/t23-/m0/s1. The molecule has 2 aromatic heterocycles. The van der Waals surface area contributed by atoms with Crippen LogP contribution in [-0.2, 0) is 15.9 Å². The van der Waals surface area contributed by atoms with Gasteiger partial charge in [-0.3, -0.25) is 9.59 Å². The summed E-state index contributed by atoms with van der Waals surface area (Å²) >= 11 is 0. The van der Waals surface area contributed by atoms with Gasteiger partial charge in [-0.15, -0.1) is 0 Å². The summed E-state index contributed by atoms with van der Waals surface area (Å²) in [5.74, 6) is -0.349. The maximum Gasteiger partial charge on any atom is 0.410 e. The third-order valence-corrected chi connectivity index (χ3v) is 6.69. The lowest BCUT2D eigenvalue weighted by Gasteiger charge is -2.34. The van der Waals surface area contributed by atoms with Crippen LogP contribution in [0.1, 0.15) is 78.6 Å². The molecule has 1 fully saturated rings. The van der Waals surface area contributed by atoms with Gasteiger partial charge >= 0.3 is 6.09 Å². The maximum atomic E-state index is 13.1. The predicted molar refractivity (Wildman–Crippen MR) is 149 cm³/mol. The van der Waals surface area contributed by atoms with Crippen molar-refractivity contribution in [2.24, 2.45) is 0 Å². The summed E-state index contributed by atoms with van der Waals surface area (Å²) < 4.78 is 11.3. The SMILES string of the molecule is CNC(=O)c1cc(C(=O)CCCC[C@H]2CN(C(=O)OC(C)(C)C)CCO2)cc(Cc2cccc3[nH]ccc23)n1. The van der Waals surface area contributed by atoms with Crippen LogP contribution in [0, 0.1) is 0 Å². The fourth-order valence-electron chi connectivity index (χ4n) is 4.77. The Hall–Kier alpha value is -3.72. The Balaban J connectivity index is 1.35. The molecule has 1 aliphatic rings. The molecule has 1 atom stereocenters. The lowest BCUT2D eigenvalue weighted by atomic mass is 9.99. The maximum absolute atomic E-state index is 13.1. The van der Waals surface area contributed by atoms with E-state index in [0.717, 1.165) is 29.3 Å². The van der Waals surface area contributed by atoms with Gasteiger partial charge in [0.15, 0.2) is 5.78 Å². The van der Waals surface area contributed by atoms with E-state index in [0.29, 0.717) is 50.2 Å². The molecule has 208 valence electrons. The first-order valence-electron chi connectivity index (χ1n) is 13.5. The zero-order valence-electron chi connectivity index (χ0n) is 23.2. The van der Waals surface area contributed by atoms with Crippen molar-refractivity contribution in [3.05, 3.63) is 65.1 Å². The van der Waals surface area contributed by atoms with Crippen molar-refractivity contribution in [1.29, 1.82) is 0 Å². The molecular weight excluding hydrogens is 496 g/mol. The third-order valence-electron chi connectivity index (χ3n) is 6.69. The van der Waals surface area contributed by atoms with E-state index in [1.165, 1.54) is 0 Å². The number of pyridine rings is 1. The van der Waals surface area contributed by atoms with Gasteiger partial charge in [-0.25, -0.2) is 9.78 Å². The number of Topliss-reactive ketones (excluding diaryl/α,β-unsaturated/α-hetero) is 1. The van der Waals surface area contributed by atoms with E-state index >= 15 is 0 Å². The summed E-state index contributed by atoms with van der Waals surface area (Å²) in [5, 5.41) is 3.70. The van der Waals surface area contributed by atoms with Crippen molar-refractivity contribution in [2.45, 2.75) is 64.6 Å². The van der Waals surface area contributed by atoms with E-state index in [1.807, 2.05) is 51.2 Å². The van der Waals surface area contributed by atoms with Gasteiger partial charge in [0, 0.05) is 54.8 Å². The Labute approximate surface area is 229 Å². The van der Waals surface area contributed by atoms with Crippen molar-refractivity contribution < 1.29 is 23.9 Å². The number of aromatic nitrogens is 2. The Bertz CT molecular complexity index is 1330. The van der Waals surface area contributed by atoms with Crippen molar-refractivity contribution in [1.82, 2.24) is 20.2 Å². The number of nitrogens with one attached hydrogen (secondary N) is 2. The van der Waals surface area contributed by atoms with E-state index in [9.17, 15) is 14.4 Å². The predicted octanol–water partition coefficient (Wildman–Crippen LogP) is 4.89. The largest absolute Gasteiger partial charge is 0.444 e. The Morgan fingerprint density at radius 1 is 1.18 bits per heavy atom. The minimum absolute atomic E-state index is 0.0244. The van der Waals surface area contributed by atoms with Gasteiger partial charge in [-0.2, -0.15) is 0 Å². The van der Waals surface area contributed by atoms with Gasteiger partial charge in [-0.1, -0.05) is 18.6 Å². The summed E-state index contributed by atoms with van der Waals surface area (Å²) in [5.41, 5.74) is 2.96. The number of ketones is 1. The number of ether oxygens (including phenoxy) is 2. The highest BCUT2D eigenvalue weighted by Gasteiger charge is 2.28. The van der Waals surface area contributed by atoms with Crippen LogP contribution in [0.25, 0.3) is 10.9 Å². The zero-order valence-corrected chi connectivity index (χ0v) is 23.2. The lowest BCUT2D eigenvalue weighted by Crippen LogP contribution is -2.47. The van der Waals surface area contributed by atoms with Crippen molar-refractivity contribution >= 4 is 28.7 Å². The fourth-order valence-corrected chi connectivity index (χ4v) is 4.77. The van der Waals surface area contributed by atoms with Crippen LogP contribution in [0.2, 0.25) is 0 Å². The van der Waals surface area contributed by atoms with Gasteiger partial charge in [0.2, 0.25) is 0 Å². The smallest absolute Gasteiger partial charge is 0.410 e. The summed E-state index contributed by atoms with van der Waals surface area (Å²) in [6.45, 7) is 7.03. The van der Waals surface area contributed by atoms with Gasteiger partial charge < -0.3 is 24.7 Å². The summed E-state index contributed by atoms with van der Waals surface area (Å²) in [4.78, 5) is 47.4. The number of fused-ring (bicyclic) bond motifs is 1. The molecule has 0 radical (unpaired) electrons. The number of hydrogen-bond donors (Lipinski definition) is 2. The molecule has 2 N–H and O–H groups in total.